The topological polar surface area (TPSA) is 22.8 Å². The van der Waals surface area contributed by atoms with Crippen LogP contribution in [0.3, 0.4) is 0 Å². The Hall–Kier alpha value is -6.71. The quantitative estimate of drug-likeness (QED) is 0.134. The molecule has 3 aromatic heterocycles. The lowest BCUT2D eigenvalue weighted by Gasteiger charge is -2.18. The van der Waals surface area contributed by atoms with Crippen molar-refractivity contribution in [2.24, 2.45) is 0 Å². The molecule has 0 radical (unpaired) electrons. The second kappa shape index (κ2) is 9.96. The summed E-state index contributed by atoms with van der Waals surface area (Å²) in [5.41, 5.74) is 10.6. The zero-order valence-corrected chi connectivity index (χ0v) is 28.8. The zero-order valence-electron chi connectivity index (χ0n) is 28.8. The first kappa shape index (κ1) is 28.0. The normalized spacial score (nSPS) is 12.4. The van der Waals surface area contributed by atoms with Crippen LogP contribution in [0.5, 0.6) is 0 Å². The number of aryl methyl sites for hydroxylation is 2. The number of benzene rings is 9. The molecule has 242 valence electrons. The van der Waals surface area contributed by atoms with Gasteiger partial charge in [-0.15, -0.1) is 0 Å². The maximum Gasteiger partial charge on any atom is 0.0969 e. The SMILES string of the molecule is Cc1cc(C)cc(-n2c3ccccc3c3c2c2ccccc2c2c4ncccc4n(-c4ccc5c6cccc7cccc(c8cccc4c85)c76)c23)c1. The summed E-state index contributed by atoms with van der Waals surface area (Å²) >= 11 is 0. The van der Waals surface area contributed by atoms with Crippen LogP contribution in [-0.2, 0) is 0 Å². The number of nitrogens with zero attached hydrogens (tertiary/aromatic N) is 3. The summed E-state index contributed by atoms with van der Waals surface area (Å²) in [6.45, 7) is 4.39. The molecular formula is C49H31N3. The average molecular weight is 662 g/mol. The maximum absolute atomic E-state index is 5.15. The van der Waals surface area contributed by atoms with Gasteiger partial charge in [-0.3, -0.25) is 4.98 Å². The van der Waals surface area contributed by atoms with Gasteiger partial charge in [-0.1, -0.05) is 109 Å². The van der Waals surface area contributed by atoms with Crippen LogP contribution in [0.25, 0.3) is 109 Å². The van der Waals surface area contributed by atoms with Gasteiger partial charge >= 0.3 is 0 Å². The molecule has 0 saturated carbocycles. The van der Waals surface area contributed by atoms with Crippen molar-refractivity contribution in [2.45, 2.75) is 13.8 Å². The minimum Gasteiger partial charge on any atom is -0.309 e. The van der Waals surface area contributed by atoms with E-state index in [1.165, 1.54) is 109 Å². The number of rotatable bonds is 2. The summed E-state index contributed by atoms with van der Waals surface area (Å²) in [6, 6.07) is 54.1. The first-order valence-electron chi connectivity index (χ1n) is 18.1. The molecular weight excluding hydrogens is 631 g/mol. The summed E-state index contributed by atoms with van der Waals surface area (Å²) in [5.74, 6) is 0. The van der Waals surface area contributed by atoms with Crippen molar-refractivity contribution >= 4 is 97.6 Å². The molecule has 12 aromatic rings. The van der Waals surface area contributed by atoms with Gasteiger partial charge in [0.15, 0.2) is 0 Å². The summed E-state index contributed by atoms with van der Waals surface area (Å²) in [7, 11) is 0. The van der Waals surface area contributed by atoms with E-state index >= 15 is 0 Å². The molecule has 0 N–H and O–H groups in total. The molecule has 0 aliphatic heterocycles. The van der Waals surface area contributed by atoms with Crippen LogP contribution >= 0.6 is 0 Å². The fraction of sp³-hybridized carbons (Fsp3) is 0.0408. The lowest BCUT2D eigenvalue weighted by molar-refractivity contribution is 1.16. The van der Waals surface area contributed by atoms with Crippen LogP contribution < -0.4 is 0 Å². The second-order valence-corrected chi connectivity index (χ2v) is 14.5. The van der Waals surface area contributed by atoms with Crippen LogP contribution in [-0.4, -0.2) is 14.1 Å². The van der Waals surface area contributed by atoms with Crippen molar-refractivity contribution < 1.29 is 0 Å². The maximum atomic E-state index is 5.15. The Balaban J connectivity index is 1.35. The standard InChI is InChI=1S/C49H31N3/c1-28-25-29(2)27-31(26-28)51-40-20-6-5-15-39(40)46-48(51)37-14-4-3-13-35(37)45-47-42(21-10-24-50-47)52(49(45)46)41-23-22-36-33-17-8-12-30-11-7-16-32(43(30)33)34-18-9-19-38(41)44(34)36/h3-27H,1-2H3. The van der Waals surface area contributed by atoms with Gasteiger partial charge in [-0.25, -0.2) is 0 Å². The molecule has 0 atom stereocenters. The Labute approximate surface area is 298 Å². The van der Waals surface area contributed by atoms with Gasteiger partial charge in [0, 0.05) is 38.8 Å². The van der Waals surface area contributed by atoms with Gasteiger partial charge in [-0.2, -0.15) is 0 Å². The van der Waals surface area contributed by atoms with E-state index in [-0.39, 0.29) is 0 Å². The first-order chi connectivity index (χ1) is 25.7. The highest BCUT2D eigenvalue weighted by Crippen LogP contribution is 2.48. The van der Waals surface area contributed by atoms with Gasteiger partial charge in [0.2, 0.25) is 0 Å². The molecule has 0 aliphatic rings. The van der Waals surface area contributed by atoms with E-state index in [4.69, 9.17) is 4.98 Å². The molecule has 3 heteroatoms. The van der Waals surface area contributed by atoms with Crippen molar-refractivity contribution in [1.82, 2.24) is 14.1 Å². The average Bonchev–Trinajstić information content (AvgIpc) is 3.70. The van der Waals surface area contributed by atoms with Crippen LogP contribution in [0, 0.1) is 13.8 Å². The van der Waals surface area contributed by atoms with E-state index in [0.29, 0.717) is 0 Å². The fourth-order valence-electron chi connectivity index (χ4n) is 9.67. The number of hydrogen-bond donors (Lipinski definition) is 0. The molecule has 52 heavy (non-hydrogen) atoms. The van der Waals surface area contributed by atoms with Gasteiger partial charge < -0.3 is 9.13 Å². The molecule has 12 rings (SSSR count). The lowest BCUT2D eigenvalue weighted by atomic mass is 9.89. The Morgan fingerprint density at radius 3 is 1.79 bits per heavy atom. The Bertz CT molecular complexity index is 3420. The smallest absolute Gasteiger partial charge is 0.0969 e. The molecule has 3 nitrogen and oxygen atoms in total. The number of hydrogen-bond acceptors (Lipinski definition) is 1. The third kappa shape index (κ3) is 3.47. The van der Waals surface area contributed by atoms with Gasteiger partial charge in [0.05, 0.1) is 33.3 Å². The predicted octanol–water partition coefficient (Wildman–Crippen LogP) is 13.1. The van der Waals surface area contributed by atoms with E-state index in [2.05, 4.69) is 169 Å². The summed E-state index contributed by atoms with van der Waals surface area (Å²) in [4.78, 5) is 5.15. The number of para-hydroxylation sites is 1. The van der Waals surface area contributed by atoms with Crippen LogP contribution in [0.2, 0.25) is 0 Å². The van der Waals surface area contributed by atoms with Crippen molar-refractivity contribution in [2.75, 3.05) is 0 Å². The van der Waals surface area contributed by atoms with Crippen LogP contribution in [0.15, 0.2) is 152 Å². The second-order valence-electron chi connectivity index (χ2n) is 14.5. The van der Waals surface area contributed by atoms with E-state index in [1.54, 1.807) is 0 Å². The summed E-state index contributed by atoms with van der Waals surface area (Å²) in [5, 5.41) is 16.5. The molecule has 0 spiro atoms. The molecule has 0 fully saturated rings. The highest BCUT2D eigenvalue weighted by atomic mass is 15.0. The first-order valence-corrected chi connectivity index (χ1v) is 18.1. The van der Waals surface area contributed by atoms with Crippen LogP contribution in [0.4, 0.5) is 0 Å². The lowest BCUT2D eigenvalue weighted by Crippen LogP contribution is -1.98. The minimum atomic E-state index is 1.02. The van der Waals surface area contributed by atoms with Gasteiger partial charge in [-0.05, 0) is 104 Å². The molecule has 0 bridgehead atoms. The minimum absolute atomic E-state index is 1.02. The molecule has 0 aliphatic carbocycles. The molecule has 9 aromatic carbocycles. The fourth-order valence-corrected chi connectivity index (χ4v) is 9.67. The molecule has 0 amide bonds. The Morgan fingerprint density at radius 2 is 1.00 bits per heavy atom. The van der Waals surface area contributed by atoms with Crippen molar-refractivity contribution in [3.05, 3.63) is 163 Å². The van der Waals surface area contributed by atoms with Gasteiger partial charge in [0.1, 0.15) is 0 Å². The summed E-state index contributed by atoms with van der Waals surface area (Å²) in [6.07, 6.45) is 1.94. The zero-order chi connectivity index (χ0) is 34.2. The predicted molar refractivity (Wildman–Crippen MR) is 221 cm³/mol. The van der Waals surface area contributed by atoms with E-state index in [1.807, 2.05) is 6.20 Å². The van der Waals surface area contributed by atoms with Gasteiger partial charge in [0.25, 0.3) is 0 Å². The third-order valence-corrected chi connectivity index (χ3v) is 11.5. The Kier molecular flexibility index (Phi) is 5.37. The van der Waals surface area contributed by atoms with E-state index in [0.717, 1.165) is 11.0 Å². The number of pyridine rings is 1. The largest absolute Gasteiger partial charge is 0.309 e. The highest BCUT2D eigenvalue weighted by Gasteiger charge is 2.26. The van der Waals surface area contributed by atoms with E-state index < -0.39 is 0 Å². The Morgan fingerprint density at radius 1 is 0.404 bits per heavy atom. The molecule has 3 heterocycles. The van der Waals surface area contributed by atoms with Crippen molar-refractivity contribution in [1.29, 1.82) is 0 Å². The summed E-state index contributed by atoms with van der Waals surface area (Å²) < 4.78 is 5.02. The van der Waals surface area contributed by atoms with Crippen LogP contribution in [0.1, 0.15) is 11.1 Å². The molecule has 0 unspecified atom stereocenters. The monoisotopic (exact) mass is 661 g/mol. The highest BCUT2D eigenvalue weighted by molar-refractivity contribution is 6.37. The van der Waals surface area contributed by atoms with E-state index in [9.17, 15) is 0 Å². The van der Waals surface area contributed by atoms with Crippen molar-refractivity contribution in [3.8, 4) is 11.4 Å². The number of aromatic nitrogens is 3. The van der Waals surface area contributed by atoms with Crippen molar-refractivity contribution in [3.63, 3.8) is 0 Å². The number of fused-ring (bicyclic) bond motifs is 12. The molecule has 0 saturated heterocycles. The third-order valence-electron chi connectivity index (χ3n) is 11.5.